The van der Waals surface area contributed by atoms with Crippen LogP contribution in [-0.4, -0.2) is 10.8 Å². The third-order valence-electron chi connectivity index (χ3n) is 4.71. The number of nitrogens with one attached hydrogen (secondary N) is 1. The van der Waals surface area contributed by atoms with E-state index in [1.54, 1.807) is 12.1 Å². The molecule has 0 radical (unpaired) electrons. The molecule has 2 N–H and O–H groups in total. The van der Waals surface area contributed by atoms with Gasteiger partial charge < -0.3 is 10.5 Å². The van der Waals surface area contributed by atoms with Crippen molar-refractivity contribution in [2.75, 3.05) is 0 Å². The van der Waals surface area contributed by atoms with Gasteiger partial charge in [0.05, 0.1) is 0 Å². The Hall–Kier alpha value is -1.83. The summed E-state index contributed by atoms with van der Waals surface area (Å²) in [6.45, 7) is 4.41. The van der Waals surface area contributed by atoms with Gasteiger partial charge in [-0.2, -0.15) is 0 Å². The maximum Gasteiger partial charge on any atom is 0.116 e. The topological polar surface area (TPSA) is 44.1 Å². The first-order valence-electron chi connectivity index (χ1n) is 7.50. The molecule has 2 aromatic carbocycles. The van der Waals surface area contributed by atoms with Crippen LogP contribution in [0.1, 0.15) is 50.2 Å². The van der Waals surface area contributed by atoms with Gasteiger partial charge in [0.25, 0.3) is 0 Å². The van der Waals surface area contributed by atoms with Gasteiger partial charge in [-0.05, 0) is 53.6 Å². The molecular formula is C18H21NO. The standard InChI is InChI=1S/C18H21NO/c1-3-11-9-12(4-2)18(19)17-15(11)7-5-13-10-14(20)6-8-16(13)17/h5-8,10-12,19-20H,3-4,9H2,1-2H3. The molecule has 0 amide bonds. The minimum atomic E-state index is 0.291. The number of benzene rings is 2. The van der Waals surface area contributed by atoms with Crippen LogP contribution in [0.5, 0.6) is 5.75 Å². The van der Waals surface area contributed by atoms with Crippen molar-refractivity contribution in [2.45, 2.75) is 39.0 Å². The SMILES string of the molecule is CCC1CC(CC)c2ccc3cc(O)ccc3c2C1=N. The number of hydrogen-bond donors (Lipinski definition) is 2. The first kappa shape index (κ1) is 13.2. The van der Waals surface area contributed by atoms with E-state index >= 15 is 0 Å². The molecule has 1 aliphatic rings. The number of aromatic hydroxyl groups is 1. The van der Waals surface area contributed by atoms with Gasteiger partial charge in [-0.1, -0.05) is 32.0 Å². The minimum Gasteiger partial charge on any atom is -0.508 e. The number of fused-ring (bicyclic) bond motifs is 3. The van der Waals surface area contributed by atoms with Gasteiger partial charge >= 0.3 is 0 Å². The third kappa shape index (κ3) is 1.91. The Morgan fingerprint density at radius 3 is 2.55 bits per heavy atom. The summed E-state index contributed by atoms with van der Waals surface area (Å²) in [6, 6.07) is 9.72. The Morgan fingerprint density at radius 1 is 1.10 bits per heavy atom. The molecule has 0 saturated carbocycles. The van der Waals surface area contributed by atoms with E-state index in [4.69, 9.17) is 5.41 Å². The van der Waals surface area contributed by atoms with Gasteiger partial charge in [0.2, 0.25) is 0 Å². The van der Waals surface area contributed by atoms with Crippen LogP contribution in [0.3, 0.4) is 0 Å². The number of phenols is 1. The molecule has 0 heterocycles. The van der Waals surface area contributed by atoms with Gasteiger partial charge in [0, 0.05) is 17.2 Å². The molecule has 0 bridgehead atoms. The van der Waals surface area contributed by atoms with E-state index in [0.717, 1.165) is 41.3 Å². The van der Waals surface area contributed by atoms with E-state index in [1.807, 2.05) is 6.07 Å². The largest absolute Gasteiger partial charge is 0.508 e. The molecular weight excluding hydrogens is 246 g/mol. The van der Waals surface area contributed by atoms with Crippen LogP contribution in [0.2, 0.25) is 0 Å². The van der Waals surface area contributed by atoms with Crippen LogP contribution in [0, 0.1) is 11.3 Å². The van der Waals surface area contributed by atoms with E-state index < -0.39 is 0 Å². The average Bonchev–Trinajstić information content (AvgIpc) is 2.47. The summed E-state index contributed by atoms with van der Waals surface area (Å²) in [6.07, 6.45) is 3.26. The summed E-state index contributed by atoms with van der Waals surface area (Å²) in [4.78, 5) is 0. The number of phenolic OH excluding ortho intramolecular Hbond substituents is 1. The summed E-state index contributed by atoms with van der Waals surface area (Å²) in [5.74, 6) is 1.22. The second-order valence-electron chi connectivity index (χ2n) is 5.79. The highest BCUT2D eigenvalue weighted by Gasteiger charge is 2.30. The van der Waals surface area contributed by atoms with Gasteiger partial charge in [0.1, 0.15) is 5.75 Å². The molecule has 2 nitrogen and oxygen atoms in total. The lowest BCUT2D eigenvalue weighted by molar-refractivity contribution is 0.476. The quantitative estimate of drug-likeness (QED) is 0.803. The maximum absolute atomic E-state index is 9.64. The van der Waals surface area contributed by atoms with Crippen LogP contribution in [0.15, 0.2) is 30.3 Å². The monoisotopic (exact) mass is 267 g/mol. The van der Waals surface area contributed by atoms with Crippen LogP contribution < -0.4 is 0 Å². The Bertz CT molecular complexity index is 674. The normalized spacial score (nSPS) is 22.0. The minimum absolute atomic E-state index is 0.291. The highest BCUT2D eigenvalue weighted by molar-refractivity contribution is 6.12. The smallest absolute Gasteiger partial charge is 0.116 e. The van der Waals surface area contributed by atoms with Crippen LogP contribution in [0.4, 0.5) is 0 Å². The molecule has 1 aliphatic carbocycles. The Kier molecular flexibility index (Phi) is 3.25. The van der Waals surface area contributed by atoms with Gasteiger partial charge in [-0.3, -0.25) is 0 Å². The van der Waals surface area contributed by atoms with Crippen molar-refractivity contribution in [3.8, 4) is 5.75 Å². The first-order valence-corrected chi connectivity index (χ1v) is 7.50. The zero-order valence-corrected chi connectivity index (χ0v) is 12.1. The highest BCUT2D eigenvalue weighted by atomic mass is 16.3. The average molecular weight is 267 g/mol. The molecule has 104 valence electrons. The summed E-state index contributed by atoms with van der Waals surface area (Å²) < 4.78 is 0. The predicted octanol–water partition coefficient (Wildman–Crippen LogP) is 4.84. The van der Waals surface area contributed by atoms with Gasteiger partial charge in [0.15, 0.2) is 0 Å². The highest BCUT2D eigenvalue weighted by Crippen LogP contribution is 2.41. The fourth-order valence-electron chi connectivity index (χ4n) is 3.52. The second-order valence-corrected chi connectivity index (χ2v) is 5.79. The number of rotatable bonds is 2. The van der Waals surface area contributed by atoms with E-state index in [-0.39, 0.29) is 0 Å². The molecule has 0 aromatic heterocycles. The lowest BCUT2D eigenvalue weighted by atomic mass is 9.72. The molecule has 2 atom stereocenters. The number of hydrogen-bond acceptors (Lipinski definition) is 2. The van der Waals surface area contributed by atoms with Gasteiger partial charge in [-0.25, -0.2) is 0 Å². The van der Waals surface area contributed by atoms with Crippen LogP contribution in [-0.2, 0) is 0 Å². The van der Waals surface area contributed by atoms with Crippen molar-refractivity contribution >= 4 is 16.5 Å². The Balaban J connectivity index is 2.28. The fraction of sp³-hybridized carbons (Fsp3) is 0.389. The van der Waals surface area contributed by atoms with Crippen LogP contribution in [0.25, 0.3) is 10.8 Å². The second kappa shape index (κ2) is 4.93. The van der Waals surface area contributed by atoms with Crippen molar-refractivity contribution < 1.29 is 5.11 Å². The zero-order valence-electron chi connectivity index (χ0n) is 12.1. The molecule has 2 unspecified atom stereocenters. The van der Waals surface area contributed by atoms with E-state index in [2.05, 4.69) is 26.0 Å². The zero-order chi connectivity index (χ0) is 14.3. The molecule has 0 spiro atoms. The van der Waals surface area contributed by atoms with Crippen molar-refractivity contribution in [1.82, 2.24) is 0 Å². The summed E-state index contributed by atoms with van der Waals surface area (Å²) in [5.41, 5.74) is 3.22. The molecule has 3 rings (SSSR count). The van der Waals surface area contributed by atoms with Crippen molar-refractivity contribution in [3.63, 3.8) is 0 Å². The lowest BCUT2D eigenvalue weighted by Gasteiger charge is -2.32. The summed E-state index contributed by atoms with van der Waals surface area (Å²) in [7, 11) is 0. The molecule has 0 fully saturated rings. The third-order valence-corrected chi connectivity index (χ3v) is 4.71. The summed E-state index contributed by atoms with van der Waals surface area (Å²) in [5, 5.41) is 20.3. The summed E-state index contributed by atoms with van der Waals surface area (Å²) >= 11 is 0. The van der Waals surface area contributed by atoms with E-state index in [1.165, 1.54) is 5.56 Å². The van der Waals surface area contributed by atoms with E-state index in [9.17, 15) is 5.11 Å². The Labute approximate surface area is 120 Å². The Morgan fingerprint density at radius 2 is 1.85 bits per heavy atom. The van der Waals surface area contributed by atoms with Crippen molar-refractivity contribution in [1.29, 1.82) is 5.41 Å². The van der Waals surface area contributed by atoms with Crippen molar-refractivity contribution in [2.24, 2.45) is 5.92 Å². The van der Waals surface area contributed by atoms with Crippen molar-refractivity contribution in [3.05, 3.63) is 41.5 Å². The molecule has 2 heteroatoms. The first-order chi connectivity index (χ1) is 9.65. The lowest BCUT2D eigenvalue weighted by Crippen LogP contribution is -2.25. The predicted molar refractivity (Wildman–Crippen MR) is 83.9 cm³/mol. The van der Waals surface area contributed by atoms with Gasteiger partial charge in [-0.15, -0.1) is 0 Å². The molecule has 0 aliphatic heterocycles. The van der Waals surface area contributed by atoms with E-state index in [0.29, 0.717) is 17.6 Å². The molecule has 20 heavy (non-hydrogen) atoms. The maximum atomic E-state index is 9.64. The fourth-order valence-corrected chi connectivity index (χ4v) is 3.52. The van der Waals surface area contributed by atoms with Crippen LogP contribution >= 0.6 is 0 Å². The molecule has 0 saturated heterocycles. The molecule has 2 aromatic rings.